The summed E-state index contributed by atoms with van der Waals surface area (Å²) in [6.45, 7) is 1.30. The molecule has 0 fully saturated rings. The fourth-order valence-corrected chi connectivity index (χ4v) is 4.83. The Hall–Kier alpha value is -3.50. The first-order chi connectivity index (χ1) is 17.7. The molecule has 3 rings (SSSR count). The topological polar surface area (TPSA) is 140 Å². The van der Waals surface area contributed by atoms with Crippen LogP contribution in [0.25, 0.3) is 0 Å². The number of hydrazone groups is 1. The van der Waals surface area contributed by atoms with E-state index in [0.717, 1.165) is 9.46 Å². The van der Waals surface area contributed by atoms with Gasteiger partial charge in [0.15, 0.2) is 0 Å². The third-order valence-corrected chi connectivity index (χ3v) is 7.45. The maximum Gasteiger partial charge on any atom is 0.283 e. The minimum atomic E-state index is -0.626. The lowest BCUT2D eigenvalue weighted by Gasteiger charge is -2.15. The summed E-state index contributed by atoms with van der Waals surface area (Å²) in [5.74, 6) is -0.624. The average molecular weight is 605 g/mol. The van der Waals surface area contributed by atoms with Crippen LogP contribution in [0.2, 0.25) is 5.02 Å². The molecule has 0 aliphatic heterocycles. The highest BCUT2D eigenvalue weighted by Crippen LogP contribution is 2.35. The van der Waals surface area contributed by atoms with E-state index < -0.39 is 16.4 Å². The van der Waals surface area contributed by atoms with Crippen LogP contribution in [0.4, 0.5) is 5.69 Å². The van der Waals surface area contributed by atoms with Gasteiger partial charge in [0.2, 0.25) is 0 Å². The molecule has 0 bridgehead atoms. The molecule has 1 aromatic heterocycles. The zero-order chi connectivity index (χ0) is 27.1. The largest absolute Gasteiger partial charge is 0.380 e. The highest BCUT2D eigenvalue weighted by molar-refractivity contribution is 9.10. The van der Waals surface area contributed by atoms with Gasteiger partial charge >= 0.3 is 0 Å². The first-order valence-electron chi connectivity index (χ1n) is 10.5. The van der Waals surface area contributed by atoms with Gasteiger partial charge in [-0.05, 0) is 53.2 Å². The highest BCUT2D eigenvalue weighted by atomic mass is 79.9. The maximum absolute atomic E-state index is 12.8. The van der Waals surface area contributed by atoms with Crippen LogP contribution < -0.4 is 11.0 Å². The molecule has 0 atom stereocenters. The summed E-state index contributed by atoms with van der Waals surface area (Å²) in [7, 11) is 1.44. The molecule has 2 aromatic carbocycles. The van der Waals surface area contributed by atoms with Crippen molar-refractivity contribution in [1.82, 2.24) is 9.99 Å². The first kappa shape index (κ1) is 28.1. The monoisotopic (exact) mass is 603 g/mol. The molecule has 0 radical (unpaired) electrons. The summed E-state index contributed by atoms with van der Waals surface area (Å²) in [5, 5.41) is 25.4. The molecule has 0 saturated heterocycles. The number of hydrogen-bond acceptors (Lipinski definition) is 8. The van der Waals surface area contributed by atoms with Crippen molar-refractivity contribution in [3.8, 4) is 6.07 Å². The van der Waals surface area contributed by atoms with E-state index in [4.69, 9.17) is 16.3 Å². The van der Waals surface area contributed by atoms with Crippen molar-refractivity contribution < 1.29 is 14.5 Å². The Bertz CT molecular complexity index is 1480. The van der Waals surface area contributed by atoms with Gasteiger partial charge in [-0.25, -0.2) is 5.43 Å². The number of nitriles is 1. The van der Waals surface area contributed by atoms with E-state index in [2.05, 4.69) is 26.5 Å². The summed E-state index contributed by atoms with van der Waals surface area (Å²) in [5.41, 5.74) is 2.66. The standard InChI is InChI=1S/C24H19BrClN5O5S/c1-14-23(25)19(13-36-2)18(10-27)24(33)30(14)12-22(32)29-28-11-15-3-8-21(20(9-15)31(34)35)37-17-6-4-16(26)5-7-17/h3-9,11H,12-13H2,1-2H3,(H,29,32). The zero-order valence-electron chi connectivity index (χ0n) is 19.5. The Morgan fingerprint density at radius 2 is 2.05 bits per heavy atom. The average Bonchev–Trinajstić information content (AvgIpc) is 2.87. The molecule has 0 saturated carbocycles. The number of ether oxygens (including phenoxy) is 1. The van der Waals surface area contributed by atoms with Crippen molar-refractivity contribution in [2.24, 2.45) is 5.10 Å². The van der Waals surface area contributed by atoms with Gasteiger partial charge in [0.25, 0.3) is 17.2 Å². The van der Waals surface area contributed by atoms with E-state index in [1.165, 1.54) is 31.2 Å². The number of benzene rings is 2. The Morgan fingerprint density at radius 3 is 2.68 bits per heavy atom. The van der Waals surface area contributed by atoms with Gasteiger partial charge in [-0.3, -0.25) is 19.7 Å². The Labute approximate surface area is 229 Å². The maximum atomic E-state index is 12.8. The lowest BCUT2D eigenvalue weighted by atomic mass is 10.1. The number of pyridine rings is 1. The third kappa shape index (κ3) is 6.84. The summed E-state index contributed by atoms with van der Waals surface area (Å²) in [6.07, 6.45) is 1.26. The normalized spacial score (nSPS) is 10.9. The van der Waals surface area contributed by atoms with E-state index in [0.29, 0.717) is 31.2 Å². The molecule has 3 aromatic rings. The van der Waals surface area contributed by atoms with Crippen molar-refractivity contribution in [3.63, 3.8) is 0 Å². The molecule has 37 heavy (non-hydrogen) atoms. The second kappa shape index (κ2) is 12.6. The summed E-state index contributed by atoms with van der Waals surface area (Å²) < 4.78 is 6.71. The lowest BCUT2D eigenvalue weighted by molar-refractivity contribution is -0.387. The second-order valence-corrected chi connectivity index (χ2v) is 9.87. The third-order valence-electron chi connectivity index (χ3n) is 5.07. The second-order valence-electron chi connectivity index (χ2n) is 7.52. The first-order valence-corrected chi connectivity index (χ1v) is 12.5. The van der Waals surface area contributed by atoms with E-state index in [1.54, 1.807) is 43.3 Å². The number of nitrogens with one attached hydrogen (secondary N) is 1. The van der Waals surface area contributed by atoms with Crippen LogP contribution in [-0.2, 0) is 22.7 Å². The van der Waals surface area contributed by atoms with Crippen LogP contribution >= 0.6 is 39.3 Å². The van der Waals surface area contributed by atoms with Crippen molar-refractivity contribution in [3.05, 3.63) is 94.8 Å². The minimum Gasteiger partial charge on any atom is -0.380 e. The molecule has 1 N–H and O–H groups in total. The molecular formula is C24H19BrClN5O5S. The molecular weight excluding hydrogens is 586 g/mol. The van der Waals surface area contributed by atoms with Crippen LogP contribution in [0.1, 0.15) is 22.4 Å². The molecule has 1 amide bonds. The van der Waals surface area contributed by atoms with Crippen molar-refractivity contribution >= 4 is 57.1 Å². The fourth-order valence-electron chi connectivity index (χ4n) is 3.28. The molecule has 0 spiro atoms. The number of amides is 1. The number of nitrogens with zero attached hydrogens (tertiary/aromatic N) is 4. The number of carbonyl (C=O) groups excluding carboxylic acids is 1. The number of aromatic nitrogens is 1. The number of carbonyl (C=O) groups is 1. The number of rotatable bonds is 9. The number of nitro groups is 1. The van der Waals surface area contributed by atoms with Crippen molar-refractivity contribution in [2.75, 3.05) is 7.11 Å². The van der Waals surface area contributed by atoms with Crippen molar-refractivity contribution in [1.29, 1.82) is 5.26 Å². The molecule has 10 nitrogen and oxygen atoms in total. The van der Waals surface area contributed by atoms with Gasteiger partial charge in [0, 0.05) is 44.4 Å². The Balaban J connectivity index is 1.75. The predicted octanol–water partition coefficient (Wildman–Crippen LogP) is 4.80. The molecule has 1 heterocycles. The Morgan fingerprint density at radius 1 is 1.35 bits per heavy atom. The smallest absolute Gasteiger partial charge is 0.283 e. The van der Waals surface area contributed by atoms with Gasteiger partial charge < -0.3 is 9.30 Å². The minimum absolute atomic E-state index is 0.0556. The summed E-state index contributed by atoms with van der Waals surface area (Å²) in [6, 6.07) is 13.3. The van der Waals surface area contributed by atoms with E-state index in [9.17, 15) is 25.0 Å². The summed E-state index contributed by atoms with van der Waals surface area (Å²) >= 11 is 10.5. The van der Waals surface area contributed by atoms with Gasteiger partial charge in [-0.2, -0.15) is 10.4 Å². The number of methoxy groups -OCH3 is 1. The van der Waals surface area contributed by atoms with E-state index in [-0.39, 0.29) is 24.4 Å². The number of halogens is 2. The highest BCUT2D eigenvalue weighted by Gasteiger charge is 2.20. The predicted molar refractivity (Wildman–Crippen MR) is 143 cm³/mol. The van der Waals surface area contributed by atoms with Crippen LogP contribution in [0.3, 0.4) is 0 Å². The molecule has 0 unspecified atom stereocenters. The SMILES string of the molecule is COCc1c(Br)c(C)n(CC(=O)NN=Cc2ccc(Sc3ccc(Cl)cc3)c([N+](=O)[O-])c2)c(=O)c1C#N. The van der Waals surface area contributed by atoms with Crippen LogP contribution in [0.15, 0.2) is 66.6 Å². The lowest BCUT2D eigenvalue weighted by Crippen LogP contribution is -2.33. The van der Waals surface area contributed by atoms with E-state index in [1.807, 2.05) is 6.07 Å². The fraction of sp³-hybridized carbons (Fsp3) is 0.167. The Kier molecular flexibility index (Phi) is 9.60. The van der Waals surface area contributed by atoms with Crippen LogP contribution in [0, 0.1) is 28.4 Å². The molecule has 13 heteroatoms. The van der Waals surface area contributed by atoms with Gasteiger partial charge in [0.05, 0.1) is 22.6 Å². The molecule has 0 aliphatic carbocycles. The van der Waals surface area contributed by atoms with Crippen LogP contribution in [-0.4, -0.2) is 28.7 Å². The molecule has 0 aliphatic rings. The molecule has 190 valence electrons. The zero-order valence-corrected chi connectivity index (χ0v) is 22.7. The number of hydrogen-bond donors (Lipinski definition) is 1. The number of nitro benzene ring substituents is 1. The van der Waals surface area contributed by atoms with Crippen molar-refractivity contribution in [2.45, 2.75) is 29.9 Å². The van der Waals surface area contributed by atoms with Gasteiger partial charge in [0.1, 0.15) is 18.2 Å². The quantitative estimate of drug-likeness (QED) is 0.210. The van der Waals surface area contributed by atoms with Gasteiger partial charge in [-0.15, -0.1) is 0 Å². The van der Waals surface area contributed by atoms with Gasteiger partial charge in [-0.1, -0.05) is 29.4 Å². The van der Waals surface area contributed by atoms with E-state index >= 15 is 0 Å². The summed E-state index contributed by atoms with van der Waals surface area (Å²) in [4.78, 5) is 37.5. The van der Waals surface area contributed by atoms with Crippen LogP contribution in [0.5, 0.6) is 0 Å².